The van der Waals surface area contributed by atoms with Gasteiger partial charge in [-0.25, -0.2) is 0 Å². The lowest BCUT2D eigenvalue weighted by molar-refractivity contribution is 0.228. The second-order valence-corrected chi connectivity index (χ2v) is 9.60. The Morgan fingerprint density at radius 2 is 1.04 bits per heavy atom. The molecule has 3 heteroatoms. The van der Waals surface area contributed by atoms with Gasteiger partial charge in [-0.05, 0) is 25.7 Å². The minimum atomic E-state index is -0.634. The van der Waals surface area contributed by atoms with Crippen molar-refractivity contribution in [2.24, 2.45) is 0 Å². The van der Waals surface area contributed by atoms with E-state index in [2.05, 4.69) is 13.8 Å². The number of unbranched alkanes of at least 4 members (excludes halogenated alkanes) is 10. The zero-order chi connectivity index (χ0) is 18.0. The molecule has 0 saturated heterocycles. The van der Waals surface area contributed by atoms with Crippen LogP contribution in [0.2, 0.25) is 0 Å². The summed E-state index contributed by atoms with van der Waals surface area (Å²) >= 11 is 0. The van der Waals surface area contributed by atoms with E-state index in [1.54, 1.807) is 0 Å². The van der Waals surface area contributed by atoms with E-state index in [1.807, 2.05) is 0 Å². The molecule has 0 heterocycles. The number of hydrogen-bond donors (Lipinski definition) is 0. The van der Waals surface area contributed by atoms with Gasteiger partial charge in [0.05, 0.1) is 13.2 Å². The highest BCUT2D eigenvalue weighted by molar-refractivity contribution is 7.48. The van der Waals surface area contributed by atoms with E-state index < -0.39 is 8.38 Å². The van der Waals surface area contributed by atoms with Crippen LogP contribution in [0.1, 0.15) is 123 Å². The van der Waals surface area contributed by atoms with E-state index in [0.717, 1.165) is 13.2 Å². The van der Waals surface area contributed by atoms with Crippen molar-refractivity contribution in [2.45, 2.75) is 129 Å². The van der Waals surface area contributed by atoms with E-state index in [9.17, 15) is 0 Å². The Morgan fingerprint density at radius 3 is 1.52 bits per heavy atom. The molecule has 1 rings (SSSR count). The maximum absolute atomic E-state index is 6.28. The van der Waals surface area contributed by atoms with E-state index in [4.69, 9.17) is 9.05 Å². The standard InChI is InChI=1S/C22H45O2P/c1-3-5-7-9-11-16-20-23-25(22-18-14-13-15-19-22)24-21-17-12-10-8-6-4-2/h22H,3-21H2,1-2H3. The molecule has 0 amide bonds. The van der Waals surface area contributed by atoms with Crippen LogP contribution >= 0.6 is 8.38 Å². The highest BCUT2D eigenvalue weighted by Crippen LogP contribution is 2.50. The average molecular weight is 373 g/mol. The first kappa shape index (κ1) is 23.4. The summed E-state index contributed by atoms with van der Waals surface area (Å²) in [7, 11) is -0.634. The van der Waals surface area contributed by atoms with Crippen molar-refractivity contribution in [1.29, 1.82) is 0 Å². The Balaban J connectivity index is 2.13. The number of rotatable bonds is 17. The topological polar surface area (TPSA) is 18.5 Å². The Hall–Kier alpha value is 0.350. The molecular formula is C22H45O2P. The van der Waals surface area contributed by atoms with Crippen LogP contribution in [0.25, 0.3) is 0 Å². The molecule has 1 aliphatic carbocycles. The molecule has 0 atom stereocenters. The van der Waals surface area contributed by atoms with Gasteiger partial charge in [0.25, 0.3) is 0 Å². The van der Waals surface area contributed by atoms with Crippen LogP contribution in [-0.4, -0.2) is 18.9 Å². The van der Waals surface area contributed by atoms with Gasteiger partial charge in [-0.15, -0.1) is 0 Å². The summed E-state index contributed by atoms with van der Waals surface area (Å²) in [5, 5.41) is 0. The summed E-state index contributed by atoms with van der Waals surface area (Å²) in [4.78, 5) is 0. The van der Waals surface area contributed by atoms with E-state index in [0.29, 0.717) is 5.66 Å². The van der Waals surface area contributed by atoms with Crippen molar-refractivity contribution >= 4 is 8.38 Å². The van der Waals surface area contributed by atoms with Crippen molar-refractivity contribution in [2.75, 3.05) is 13.2 Å². The summed E-state index contributed by atoms with van der Waals surface area (Å²) < 4.78 is 12.6. The van der Waals surface area contributed by atoms with Gasteiger partial charge in [0.1, 0.15) is 0 Å². The number of hydrogen-bond acceptors (Lipinski definition) is 2. The Labute approximate surface area is 159 Å². The predicted molar refractivity (Wildman–Crippen MR) is 112 cm³/mol. The van der Waals surface area contributed by atoms with Gasteiger partial charge in [0.2, 0.25) is 0 Å². The van der Waals surface area contributed by atoms with E-state index in [-0.39, 0.29) is 0 Å². The molecule has 0 aliphatic heterocycles. The van der Waals surface area contributed by atoms with Gasteiger partial charge < -0.3 is 9.05 Å². The maximum atomic E-state index is 6.28. The molecule has 150 valence electrons. The van der Waals surface area contributed by atoms with Gasteiger partial charge >= 0.3 is 0 Å². The van der Waals surface area contributed by atoms with Crippen molar-refractivity contribution in [3.05, 3.63) is 0 Å². The first-order chi connectivity index (χ1) is 12.4. The van der Waals surface area contributed by atoms with Crippen LogP contribution in [0.15, 0.2) is 0 Å². The lowest BCUT2D eigenvalue weighted by atomic mass is 10.0. The lowest BCUT2D eigenvalue weighted by Gasteiger charge is -2.29. The fourth-order valence-corrected chi connectivity index (χ4v) is 5.51. The van der Waals surface area contributed by atoms with Gasteiger partial charge in [0.15, 0.2) is 8.38 Å². The summed E-state index contributed by atoms with van der Waals surface area (Å²) in [6.07, 6.45) is 22.9. The molecule has 0 aromatic carbocycles. The third-order valence-corrected chi connectivity index (χ3v) is 7.29. The van der Waals surface area contributed by atoms with Crippen LogP contribution in [0.4, 0.5) is 0 Å². The Kier molecular flexibility index (Phi) is 16.6. The molecule has 1 aliphatic rings. The molecule has 1 fully saturated rings. The van der Waals surface area contributed by atoms with Crippen LogP contribution in [0, 0.1) is 0 Å². The minimum Gasteiger partial charge on any atom is -0.334 e. The van der Waals surface area contributed by atoms with Crippen LogP contribution < -0.4 is 0 Å². The summed E-state index contributed by atoms with van der Waals surface area (Å²) in [6, 6.07) is 0. The monoisotopic (exact) mass is 372 g/mol. The fourth-order valence-electron chi connectivity index (χ4n) is 3.61. The summed E-state index contributed by atoms with van der Waals surface area (Å²) in [5.41, 5.74) is 0.712. The smallest absolute Gasteiger partial charge is 0.173 e. The molecule has 2 nitrogen and oxygen atoms in total. The van der Waals surface area contributed by atoms with Gasteiger partial charge in [-0.2, -0.15) is 0 Å². The zero-order valence-corrected chi connectivity index (χ0v) is 18.2. The molecule has 1 saturated carbocycles. The summed E-state index contributed by atoms with van der Waals surface area (Å²) in [6.45, 7) is 6.40. The van der Waals surface area contributed by atoms with Crippen LogP contribution in [-0.2, 0) is 9.05 Å². The van der Waals surface area contributed by atoms with Crippen molar-refractivity contribution in [3.8, 4) is 0 Å². The molecule has 0 spiro atoms. The average Bonchev–Trinajstić information content (AvgIpc) is 2.65. The van der Waals surface area contributed by atoms with Gasteiger partial charge in [0, 0.05) is 5.66 Å². The largest absolute Gasteiger partial charge is 0.334 e. The highest BCUT2D eigenvalue weighted by Gasteiger charge is 2.25. The van der Waals surface area contributed by atoms with Crippen molar-refractivity contribution in [1.82, 2.24) is 0 Å². The molecule has 0 bridgehead atoms. The van der Waals surface area contributed by atoms with Crippen LogP contribution in [0.3, 0.4) is 0 Å². The fraction of sp³-hybridized carbons (Fsp3) is 1.00. The van der Waals surface area contributed by atoms with Crippen molar-refractivity contribution < 1.29 is 9.05 Å². The van der Waals surface area contributed by atoms with Crippen LogP contribution in [0.5, 0.6) is 0 Å². The van der Waals surface area contributed by atoms with Gasteiger partial charge in [-0.3, -0.25) is 0 Å². The quantitative estimate of drug-likeness (QED) is 0.188. The lowest BCUT2D eigenvalue weighted by Crippen LogP contribution is -2.14. The first-order valence-electron chi connectivity index (χ1n) is 11.4. The SMILES string of the molecule is CCCCCCCCOP(OCCCCCCCC)C1CCCCC1. The Morgan fingerprint density at radius 1 is 0.600 bits per heavy atom. The van der Waals surface area contributed by atoms with Crippen molar-refractivity contribution in [3.63, 3.8) is 0 Å². The normalized spacial score (nSPS) is 16.0. The molecule has 0 radical (unpaired) electrons. The van der Waals surface area contributed by atoms with E-state index in [1.165, 1.54) is 109 Å². The predicted octanol–water partition coefficient (Wildman–Crippen LogP) is 8.39. The maximum Gasteiger partial charge on any atom is 0.173 e. The third kappa shape index (κ3) is 13.2. The molecule has 0 aromatic rings. The highest BCUT2D eigenvalue weighted by atomic mass is 31.2. The summed E-state index contributed by atoms with van der Waals surface area (Å²) in [5.74, 6) is 0. The van der Waals surface area contributed by atoms with E-state index >= 15 is 0 Å². The molecular weight excluding hydrogens is 327 g/mol. The Bertz CT molecular complexity index is 249. The third-order valence-electron chi connectivity index (χ3n) is 5.31. The van der Waals surface area contributed by atoms with Gasteiger partial charge in [-0.1, -0.05) is 97.3 Å². The molecule has 25 heavy (non-hydrogen) atoms. The first-order valence-corrected chi connectivity index (χ1v) is 12.7. The molecule has 0 aromatic heterocycles. The molecule has 0 N–H and O–H groups in total. The minimum absolute atomic E-state index is 0.634. The second-order valence-electron chi connectivity index (χ2n) is 7.78. The zero-order valence-electron chi connectivity index (χ0n) is 17.3. The second kappa shape index (κ2) is 17.7. The molecule has 0 unspecified atom stereocenters.